The van der Waals surface area contributed by atoms with Crippen molar-refractivity contribution >= 4 is 29.8 Å². The predicted octanol–water partition coefficient (Wildman–Crippen LogP) is 4.57. The number of benzene rings is 2. The lowest BCUT2D eigenvalue weighted by Gasteiger charge is -2.67. The number of ketones is 1. The van der Waals surface area contributed by atoms with Crippen LogP contribution in [-0.4, -0.2) is 114 Å². The third kappa shape index (κ3) is 7.52. The lowest BCUT2D eigenvalue weighted by molar-refractivity contribution is -0.347. The number of amides is 1. The molecule has 2 aromatic rings. The summed E-state index contributed by atoms with van der Waals surface area (Å²) in [5.74, 6) is -4.52. The summed E-state index contributed by atoms with van der Waals surface area (Å²) in [7, 11) is 2.78. The van der Waals surface area contributed by atoms with Gasteiger partial charge in [0.15, 0.2) is 17.5 Å². The van der Waals surface area contributed by atoms with Gasteiger partial charge < -0.3 is 48.7 Å². The minimum atomic E-state index is -2.22. The molecule has 0 aromatic heterocycles. The number of alkyl carbamates (subject to hydrolysis) is 1. The normalized spacial score (nSPS) is 33.0. The van der Waals surface area contributed by atoms with Crippen molar-refractivity contribution in [2.45, 2.75) is 128 Å². The Balaban J connectivity index is 1.52. The Kier molecular flexibility index (Phi) is 12.2. The Bertz CT molecular complexity index is 2010. The van der Waals surface area contributed by atoms with Crippen LogP contribution < -0.4 is 5.32 Å². The second-order valence-corrected chi connectivity index (χ2v) is 18.0. The van der Waals surface area contributed by atoms with E-state index in [1.807, 2.05) is 0 Å². The third-order valence-electron chi connectivity index (χ3n) is 13.0. The van der Waals surface area contributed by atoms with Gasteiger partial charge in [-0.05, 0) is 63.5 Å². The third-order valence-corrected chi connectivity index (χ3v) is 13.0. The van der Waals surface area contributed by atoms with Crippen molar-refractivity contribution in [1.82, 2.24) is 5.32 Å². The van der Waals surface area contributed by atoms with Gasteiger partial charge in [-0.2, -0.15) is 0 Å². The number of Topliss-reactive ketones (excluding diaryl/α,β-unsaturated/α-hetero) is 1. The molecule has 2 saturated carbocycles. The average molecular weight is 836 g/mol. The van der Waals surface area contributed by atoms with Gasteiger partial charge in [0, 0.05) is 39.4 Å². The molecule has 0 radical (unpaired) electrons. The van der Waals surface area contributed by atoms with Crippen LogP contribution in [0.4, 0.5) is 4.79 Å². The number of methoxy groups -OCH3 is 2. The molecule has 60 heavy (non-hydrogen) atoms. The molecular weight excluding hydrogens is 778 g/mol. The second-order valence-electron chi connectivity index (χ2n) is 18.0. The maximum Gasteiger partial charge on any atom is 0.408 e. The van der Waals surface area contributed by atoms with Crippen molar-refractivity contribution in [3.63, 3.8) is 0 Å². The number of hydrogen-bond acceptors (Lipinski definition) is 14. The summed E-state index contributed by atoms with van der Waals surface area (Å²) < 4.78 is 42.4. The van der Waals surface area contributed by atoms with Gasteiger partial charge in [0.2, 0.25) is 0 Å². The first kappa shape index (κ1) is 44.9. The van der Waals surface area contributed by atoms with E-state index in [2.05, 4.69) is 5.32 Å². The van der Waals surface area contributed by atoms with E-state index in [9.17, 15) is 29.4 Å². The Hall–Kier alpha value is -4.67. The van der Waals surface area contributed by atoms with Crippen molar-refractivity contribution < 1.29 is 67.3 Å². The molecule has 1 unspecified atom stereocenters. The smallest absolute Gasteiger partial charge is 0.408 e. The van der Waals surface area contributed by atoms with Crippen LogP contribution >= 0.6 is 0 Å². The monoisotopic (exact) mass is 835 g/mol. The highest BCUT2D eigenvalue weighted by Crippen LogP contribution is 2.64. The van der Waals surface area contributed by atoms with Crippen LogP contribution in [0.1, 0.15) is 90.2 Å². The summed E-state index contributed by atoms with van der Waals surface area (Å²) in [6.07, 6.45) is -9.31. The molecule has 3 N–H and O–H groups in total. The summed E-state index contributed by atoms with van der Waals surface area (Å²) in [5.41, 5.74) is -6.72. The van der Waals surface area contributed by atoms with Crippen LogP contribution in [0.3, 0.4) is 0 Å². The predicted molar refractivity (Wildman–Crippen MR) is 213 cm³/mol. The molecule has 15 heteroatoms. The molecule has 2 aromatic carbocycles. The SMILES string of the molecule is CO[C@H]1C(=O)[C@]2(C)[C@@H](OC)C[C@H]3OCC3(OC(C)=O)[C@H]2[C@H](OC(=O)c2ccccc2)[C@]2(O)C[C@H](OC(=O)[C@H](O)[C@@H](NC(=O)OC(C)(C)C)c3ccccc3)C(C)=C1C2(C)C. The molecule has 1 aliphatic heterocycles. The molecule has 3 aliphatic carbocycles. The fourth-order valence-electron chi connectivity index (χ4n) is 10.1. The number of carbonyl (C=O) groups excluding carboxylic acids is 5. The van der Waals surface area contributed by atoms with Gasteiger partial charge >= 0.3 is 24.0 Å². The van der Waals surface area contributed by atoms with Crippen LogP contribution in [0.2, 0.25) is 0 Å². The van der Waals surface area contributed by atoms with Crippen molar-refractivity contribution in [2.75, 3.05) is 20.8 Å². The number of carbonyl (C=O) groups is 5. The Labute approximate surface area is 350 Å². The number of nitrogens with one attached hydrogen (secondary N) is 1. The second kappa shape index (κ2) is 16.3. The number of aliphatic hydroxyl groups is 2. The average Bonchev–Trinajstić information content (AvgIpc) is 3.18. The number of aliphatic hydroxyl groups excluding tert-OH is 1. The molecule has 1 amide bonds. The van der Waals surface area contributed by atoms with Gasteiger partial charge in [-0.15, -0.1) is 0 Å². The maximum absolute atomic E-state index is 15.5. The maximum atomic E-state index is 15.5. The number of rotatable bonds is 10. The van der Waals surface area contributed by atoms with Crippen LogP contribution in [0.15, 0.2) is 71.8 Å². The van der Waals surface area contributed by atoms with Crippen molar-refractivity contribution in [2.24, 2.45) is 16.7 Å². The molecule has 4 aliphatic rings. The van der Waals surface area contributed by atoms with Gasteiger partial charge in [0.1, 0.15) is 35.6 Å². The Morgan fingerprint density at radius 1 is 0.933 bits per heavy atom. The molecule has 15 nitrogen and oxygen atoms in total. The zero-order chi connectivity index (χ0) is 44.2. The molecule has 6 rings (SSSR count). The van der Waals surface area contributed by atoms with E-state index in [1.165, 1.54) is 21.1 Å². The number of ether oxygens (including phenoxy) is 7. The lowest BCUT2D eigenvalue weighted by Crippen LogP contribution is -2.82. The molecule has 0 spiro atoms. The first-order chi connectivity index (χ1) is 28.1. The summed E-state index contributed by atoms with van der Waals surface area (Å²) in [5, 5.41) is 28.0. The van der Waals surface area contributed by atoms with E-state index in [1.54, 1.807) is 109 Å². The van der Waals surface area contributed by atoms with Crippen LogP contribution in [0.25, 0.3) is 0 Å². The summed E-state index contributed by atoms with van der Waals surface area (Å²) in [6.45, 7) is 12.7. The fraction of sp³-hybridized carbons (Fsp3) is 0.578. The molecule has 326 valence electrons. The number of esters is 3. The van der Waals surface area contributed by atoms with Crippen LogP contribution in [0, 0.1) is 16.7 Å². The molecule has 3 fully saturated rings. The number of fused-ring (bicyclic) bond motifs is 5. The van der Waals surface area contributed by atoms with Crippen molar-refractivity contribution in [3.05, 3.63) is 82.9 Å². The van der Waals surface area contributed by atoms with Gasteiger partial charge in [-0.1, -0.05) is 62.4 Å². The van der Waals surface area contributed by atoms with Gasteiger partial charge in [-0.25, -0.2) is 14.4 Å². The standard InChI is InChI=1S/C45H57NO14/c1-24-28(57-39(51)33(48)32(26-17-13-11-14-18-26)46-40(52)60-41(3,4)5)22-45(53)37(58-38(50)27-19-15-12-16-20-27)35-43(8,36(49)34(55-10)31(24)42(45,6)7)29(54-9)21-30-44(35,23-56-30)59-25(2)47/h11-20,28-30,32-35,37,48,53H,21-23H2,1-10H3,(H,46,52)/t28-,29-,30+,32-,33+,34+,35-,37-,43+,44?,45+/m0/s1. The highest BCUT2D eigenvalue weighted by molar-refractivity contribution is 5.94. The van der Waals surface area contributed by atoms with E-state index < -0.39 is 112 Å². The lowest BCUT2D eigenvalue weighted by atomic mass is 9.44. The first-order valence-electron chi connectivity index (χ1n) is 20.1. The summed E-state index contributed by atoms with van der Waals surface area (Å²) in [6, 6.07) is 15.1. The zero-order valence-electron chi connectivity index (χ0n) is 35.8. The summed E-state index contributed by atoms with van der Waals surface area (Å²) >= 11 is 0. The van der Waals surface area contributed by atoms with Crippen molar-refractivity contribution in [1.29, 1.82) is 0 Å². The molecule has 11 atom stereocenters. The number of hydrogen-bond donors (Lipinski definition) is 3. The van der Waals surface area contributed by atoms with Gasteiger partial charge in [-0.3, -0.25) is 9.59 Å². The van der Waals surface area contributed by atoms with Crippen molar-refractivity contribution in [3.8, 4) is 0 Å². The molecule has 2 bridgehead atoms. The van der Waals surface area contributed by atoms with Gasteiger partial charge in [0.05, 0.1) is 35.6 Å². The minimum absolute atomic E-state index is 0.121. The largest absolute Gasteiger partial charge is 0.456 e. The fourth-order valence-corrected chi connectivity index (χ4v) is 10.1. The van der Waals surface area contributed by atoms with Gasteiger partial charge in [0.25, 0.3) is 0 Å². The van der Waals surface area contributed by atoms with E-state index in [0.717, 1.165) is 0 Å². The first-order valence-corrected chi connectivity index (χ1v) is 20.1. The quantitative estimate of drug-likeness (QED) is 0.171. The molecule has 1 heterocycles. The molecule has 1 saturated heterocycles. The van der Waals surface area contributed by atoms with E-state index in [4.69, 9.17) is 33.2 Å². The summed E-state index contributed by atoms with van der Waals surface area (Å²) in [4.78, 5) is 70.1. The highest BCUT2D eigenvalue weighted by Gasteiger charge is 2.78. The zero-order valence-corrected chi connectivity index (χ0v) is 35.8. The molecular formula is C45H57NO14. The minimum Gasteiger partial charge on any atom is -0.456 e. The van der Waals surface area contributed by atoms with Crippen LogP contribution in [0.5, 0.6) is 0 Å². The van der Waals surface area contributed by atoms with E-state index in [0.29, 0.717) is 11.1 Å². The van der Waals surface area contributed by atoms with Crippen LogP contribution in [-0.2, 0) is 47.5 Å². The van der Waals surface area contributed by atoms with E-state index >= 15 is 4.79 Å². The Morgan fingerprint density at radius 3 is 2.08 bits per heavy atom. The Morgan fingerprint density at radius 2 is 1.55 bits per heavy atom. The highest BCUT2D eigenvalue weighted by atomic mass is 16.6. The van der Waals surface area contributed by atoms with E-state index in [-0.39, 0.29) is 24.2 Å². The topological polar surface area (TPSA) is 202 Å².